The Morgan fingerprint density at radius 2 is 2.29 bits per heavy atom. The van der Waals surface area contributed by atoms with E-state index in [1.165, 1.54) is 11.3 Å². The van der Waals surface area contributed by atoms with E-state index >= 15 is 0 Å². The zero-order valence-corrected chi connectivity index (χ0v) is 11.4. The molecular weight excluding hydrogens is 260 g/mol. The van der Waals surface area contributed by atoms with Gasteiger partial charge >= 0.3 is 0 Å². The lowest BCUT2D eigenvalue weighted by Crippen LogP contribution is -2.26. The molecule has 0 saturated carbocycles. The van der Waals surface area contributed by atoms with Crippen LogP contribution < -0.4 is 10.5 Å². The molecule has 0 amide bonds. The molecule has 0 aliphatic heterocycles. The minimum absolute atomic E-state index is 0.243. The molecule has 7 heteroatoms. The van der Waals surface area contributed by atoms with Crippen LogP contribution in [-0.2, 0) is 21.3 Å². The van der Waals surface area contributed by atoms with E-state index in [1.807, 2.05) is 6.92 Å². The van der Waals surface area contributed by atoms with Crippen LogP contribution in [0.1, 0.15) is 18.2 Å². The van der Waals surface area contributed by atoms with Crippen LogP contribution in [-0.4, -0.2) is 28.2 Å². The second-order valence-electron chi connectivity index (χ2n) is 3.36. The Labute approximate surface area is 106 Å². The number of nitrogens with one attached hydrogen (secondary N) is 1. The van der Waals surface area contributed by atoms with Gasteiger partial charge in [-0.2, -0.15) is 0 Å². The highest BCUT2D eigenvalue weighted by atomic mass is 32.2. The largest absolute Gasteiger partial charge is 0.382 e. The summed E-state index contributed by atoms with van der Waals surface area (Å²) in [5.74, 6) is 0. The lowest BCUT2D eigenvalue weighted by Gasteiger charge is -2.06. The number of sulfonamides is 1. The molecule has 17 heavy (non-hydrogen) atoms. The molecule has 1 aromatic rings. The van der Waals surface area contributed by atoms with Crippen LogP contribution in [0.5, 0.6) is 0 Å². The van der Waals surface area contributed by atoms with Crippen LogP contribution in [0.3, 0.4) is 0 Å². The Morgan fingerprint density at radius 1 is 1.53 bits per heavy atom. The number of hydrogen-bond donors (Lipinski definition) is 2. The highest BCUT2D eigenvalue weighted by Crippen LogP contribution is 2.20. The first-order valence-electron chi connectivity index (χ1n) is 5.45. The van der Waals surface area contributed by atoms with E-state index in [-0.39, 0.29) is 6.54 Å². The highest BCUT2D eigenvalue weighted by molar-refractivity contribution is 7.89. The summed E-state index contributed by atoms with van der Waals surface area (Å²) in [5, 5.41) is 1.73. The number of hydrogen-bond acceptors (Lipinski definition) is 5. The molecule has 1 heterocycles. The van der Waals surface area contributed by atoms with E-state index in [0.29, 0.717) is 36.0 Å². The van der Waals surface area contributed by atoms with Gasteiger partial charge in [0.25, 0.3) is 0 Å². The maximum atomic E-state index is 11.9. The number of rotatable bonds is 8. The Hall–Kier alpha value is -0.470. The molecule has 5 nitrogen and oxygen atoms in total. The number of nitrogens with two attached hydrogens (primary N) is 1. The van der Waals surface area contributed by atoms with Crippen molar-refractivity contribution in [3.05, 3.63) is 16.3 Å². The fourth-order valence-electron chi connectivity index (χ4n) is 1.32. The second kappa shape index (κ2) is 7.07. The maximum Gasteiger partial charge on any atom is 0.241 e. The lowest BCUT2D eigenvalue weighted by molar-refractivity contribution is 0.146. The normalized spacial score (nSPS) is 11.9. The molecule has 0 radical (unpaired) electrons. The van der Waals surface area contributed by atoms with Crippen LogP contribution in [0.4, 0.5) is 0 Å². The Balaban J connectivity index is 2.51. The third-order valence-electron chi connectivity index (χ3n) is 2.14. The third-order valence-corrected chi connectivity index (χ3v) is 4.76. The summed E-state index contributed by atoms with van der Waals surface area (Å²) in [6.45, 7) is 3.74. The lowest BCUT2D eigenvalue weighted by atomic mass is 10.5. The van der Waals surface area contributed by atoms with Crippen molar-refractivity contribution < 1.29 is 13.2 Å². The molecule has 1 aromatic heterocycles. The first-order chi connectivity index (χ1) is 8.11. The van der Waals surface area contributed by atoms with Gasteiger partial charge in [0.1, 0.15) is 0 Å². The van der Waals surface area contributed by atoms with Crippen LogP contribution in [0.15, 0.2) is 16.3 Å². The van der Waals surface area contributed by atoms with Crippen molar-refractivity contribution in [1.82, 2.24) is 4.72 Å². The average Bonchev–Trinajstić information content (AvgIpc) is 2.77. The number of thiophene rings is 1. The first kappa shape index (κ1) is 14.6. The van der Waals surface area contributed by atoms with Gasteiger partial charge in [0.05, 0.1) is 4.90 Å². The van der Waals surface area contributed by atoms with Crippen molar-refractivity contribution >= 4 is 21.4 Å². The van der Waals surface area contributed by atoms with E-state index in [9.17, 15) is 8.42 Å². The van der Waals surface area contributed by atoms with E-state index in [1.54, 1.807) is 11.4 Å². The Kier molecular flexibility index (Phi) is 6.07. The average molecular weight is 278 g/mol. The van der Waals surface area contributed by atoms with Crippen molar-refractivity contribution in [3.63, 3.8) is 0 Å². The van der Waals surface area contributed by atoms with E-state index in [0.717, 1.165) is 0 Å². The molecule has 3 N–H and O–H groups in total. The van der Waals surface area contributed by atoms with Gasteiger partial charge in [-0.05, 0) is 24.8 Å². The topological polar surface area (TPSA) is 81.4 Å². The summed E-state index contributed by atoms with van der Waals surface area (Å²) in [6, 6.07) is 1.58. The minimum Gasteiger partial charge on any atom is -0.382 e. The number of ether oxygens (including phenoxy) is 1. The summed E-state index contributed by atoms with van der Waals surface area (Å²) in [7, 11) is -3.42. The van der Waals surface area contributed by atoms with Gasteiger partial charge in [0.15, 0.2) is 0 Å². The zero-order chi connectivity index (χ0) is 12.7. The van der Waals surface area contributed by atoms with E-state index in [2.05, 4.69) is 4.72 Å². The summed E-state index contributed by atoms with van der Waals surface area (Å²) in [6.07, 6.45) is 0.662. The van der Waals surface area contributed by atoms with Crippen molar-refractivity contribution in [3.8, 4) is 0 Å². The Morgan fingerprint density at radius 3 is 2.94 bits per heavy atom. The molecule has 0 aliphatic carbocycles. The molecule has 0 aliphatic rings. The van der Waals surface area contributed by atoms with Gasteiger partial charge in [-0.1, -0.05) is 0 Å². The van der Waals surface area contributed by atoms with Gasteiger partial charge in [0.2, 0.25) is 10.0 Å². The maximum absolute atomic E-state index is 11.9. The predicted octanol–water partition coefficient (Wildman–Crippen LogP) is 0.912. The monoisotopic (exact) mass is 278 g/mol. The van der Waals surface area contributed by atoms with Gasteiger partial charge in [-0.25, -0.2) is 13.1 Å². The first-order valence-corrected chi connectivity index (χ1v) is 7.82. The fraction of sp³-hybridized carbons (Fsp3) is 0.600. The summed E-state index contributed by atoms with van der Waals surface area (Å²) in [4.78, 5) is 0.976. The molecule has 0 atom stereocenters. The van der Waals surface area contributed by atoms with Gasteiger partial charge in [0, 0.05) is 31.2 Å². The SMILES string of the molecule is CCOCCCNS(=O)(=O)c1ccsc1CN. The minimum atomic E-state index is -3.42. The third kappa shape index (κ3) is 4.36. The van der Waals surface area contributed by atoms with Gasteiger partial charge < -0.3 is 10.5 Å². The van der Waals surface area contributed by atoms with E-state index in [4.69, 9.17) is 10.5 Å². The molecule has 0 unspecified atom stereocenters. The van der Waals surface area contributed by atoms with Crippen molar-refractivity contribution in [2.45, 2.75) is 24.8 Å². The molecule has 0 aromatic carbocycles. The van der Waals surface area contributed by atoms with Gasteiger partial charge in [-0.3, -0.25) is 0 Å². The van der Waals surface area contributed by atoms with Crippen molar-refractivity contribution in [1.29, 1.82) is 0 Å². The van der Waals surface area contributed by atoms with E-state index < -0.39 is 10.0 Å². The Bertz CT molecular complexity index is 429. The smallest absolute Gasteiger partial charge is 0.241 e. The van der Waals surface area contributed by atoms with Gasteiger partial charge in [-0.15, -0.1) is 11.3 Å². The summed E-state index contributed by atoms with van der Waals surface area (Å²) in [5.41, 5.74) is 5.48. The molecule has 0 bridgehead atoms. The quantitative estimate of drug-likeness (QED) is 0.693. The molecule has 0 saturated heterocycles. The molecular formula is C10H18N2O3S2. The summed E-state index contributed by atoms with van der Waals surface area (Å²) >= 11 is 1.35. The fourth-order valence-corrected chi connectivity index (χ4v) is 3.73. The van der Waals surface area contributed by atoms with Crippen LogP contribution in [0.25, 0.3) is 0 Å². The van der Waals surface area contributed by atoms with Crippen LogP contribution in [0, 0.1) is 0 Å². The highest BCUT2D eigenvalue weighted by Gasteiger charge is 2.18. The van der Waals surface area contributed by atoms with Crippen molar-refractivity contribution in [2.24, 2.45) is 5.73 Å². The van der Waals surface area contributed by atoms with Crippen LogP contribution in [0.2, 0.25) is 0 Å². The summed E-state index contributed by atoms with van der Waals surface area (Å²) < 4.78 is 31.5. The molecule has 0 fully saturated rings. The van der Waals surface area contributed by atoms with Crippen molar-refractivity contribution in [2.75, 3.05) is 19.8 Å². The zero-order valence-electron chi connectivity index (χ0n) is 9.81. The van der Waals surface area contributed by atoms with Crippen LogP contribution >= 0.6 is 11.3 Å². The molecule has 0 spiro atoms. The second-order valence-corrected chi connectivity index (χ2v) is 6.10. The standard InChI is InChI=1S/C10H18N2O3S2/c1-2-15-6-3-5-12-17(13,14)10-4-7-16-9(10)8-11/h4,7,12H,2-3,5-6,8,11H2,1H3. The molecule has 1 rings (SSSR count). The predicted molar refractivity (Wildman–Crippen MR) is 68.5 cm³/mol. The molecule has 98 valence electrons.